The first kappa shape index (κ1) is 37.7. The fourth-order valence-corrected chi connectivity index (χ4v) is 9.98. The van der Waals surface area contributed by atoms with Gasteiger partial charge in [-0.3, -0.25) is 8.68 Å². The number of benzene rings is 4. The van der Waals surface area contributed by atoms with Crippen molar-refractivity contribution in [1.29, 1.82) is 0 Å². The largest absolute Gasteiger partial charge is 0.478 e. The summed E-state index contributed by atoms with van der Waals surface area (Å²) >= 11 is 0. The highest BCUT2D eigenvalue weighted by Gasteiger charge is 2.30. The quantitative estimate of drug-likeness (QED) is 0.115. The van der Waals surface area contributed by atoms with E-state index in [0.717, 1.165) is 0 Å². The van der Waals surface area contributed by atoms with Crippen LogP contribution in [0.1, 0.15) is 75.1 Å². The maximum atomic E-state index is 12.0. The Morgan fingerprint density at radius 2 is 0.710 bits per heavy atom. The van der Waals surface area contributed by atoms with Crippen LogP contribution in [0, 0.1) is 6.13 Å². The van der Waals surface area contributed by atoms with Gasteiger partial charge in [-0.15, -0.1) is 6.13 Å². The molecule has 0 saturated heterocycles. The number of aliphatic imine (C=N–C) groups is 2. The highest BCUT2D eigenvalue weighted by molar-refractivity contribution is 7.43. The first-order chi connectivity index (χ1) is 30.0. The molecule has 4 N–H and O–H groups in total. The van der Waals surface area contributed by atoms with E-state index in [1.165, 1.54) is 48.5 Å². The molecule has 0 spiro atoms. The molecule has 4 aliphatic rings. The van der Waals surface area contributed by atoms with Gasteiger partial charge in [-0.2, -0.15) is 0 Å². The van der Waals surface area contributed by atoms with E-state index >= 15 is 0 Å². The Hall–Kier alpha value is -8.56. The van der Waals surface area contributed by atoms with Gasteiger partial charge in [0.25, 0.3) is 0 Å². The Kier molecular flexibility index (Phi) is 8.71. The molecule has 6 aromatic rings. The molecule has 6 heterocycles. The predicted molar refractivity (Wildman–Crippen MR) is 235 cm³/mol. The maximum Gasteiger partial charge on any atom is 0.335 e. The number of hydrogen-bond donors (Lipinski definition) is 4. The molecule has 0 amide bonds. The van der Waals surface area contributed by atoms with Crippen molar-refractivity contribution in [2.24, 2.45) is 9.98 Å². The number of aromatic carboxylic acids is 4. The van der Waals surface area contributed by atoms with Gasteiger partial charge in [0.15, 0.2) is 0 Å². The first-order valence-electron chi connectivity index (χ1n) is 19.1. The third-order valence-electron chi connectivity index (χ3n) is 11.1. The molecule has 10 rings (SSSR count). The summed E-state index contributed by atoms with van der Waals surface area (Å²) < 4.78 is 4.05. The lowest BCUT2D eigenvalue weighted by molar-refractivity contribution is 0.0686. The van der Waals surface area contributed by atoms with Crippen LogP contribution in [0.4, 0.5) is 0 Å². The van der Waals surface area contributed by atoms with Crippen LogP contribution in [0.5, 0.6) is 0 Å². The lowest BCUT2D eigenvalue weighted by atomic mass is 9.99. The molecule has 1 atom stereocenters. The van der Waals surface area contributed by atoms with Crippen LogP contribution in [0.25, 0.3) is 22.3 Å². The second-order valence-corrected chi connectivity index (χ2v) is 16.1. The Balaban J connectivity index is 1.39. The van der Waals surface area contributed by atoms with Gasteiger partial charge in [0.1, 0.15) is 7.68 Å². The van der Waals surface area contributed by atoms with E-state index in [1.54, 1.807) is 48.5 Å². The number of carboxylic acids is 4. The molecule has 62 heavy (non-hydrogen) atoms. The standard InChI is InChI=1S/C49H29N4O8P/c1-62-52-38-22-23-39(52)44(28-6-14-32(15-7-28)48(58)59)36-20-21-37(51-36)45(29-8-16-33(17-9-29)49(60)61)41-25-24-40(53(41)62)43(27-4-12-31(13-5-27)47(56)57)35-19-18-34(50-35)42(38)26-2-10-30(11-3-26)46(54)55/h1-25H,(H,54,55)(H,56,57)(H,58,59)(H,60,61)/b42-34-,42-38?,43-35?,43-40-,44-36-,44-39?,45-37?,45-41-. The van der Waals surface area contributed by atoms with Crippen LogP contribution < -0.4 is 10.7 Å². The molecule has 4 aromatic carbocycles. The van der Waals surface area contributed by atoms with E-state index < -0.39 is 31.6 Å². The van der Waals surface area contributed by atoms with Crippen LogP contribution in [0.15, 0.2) is 167 Å². The monoisotopic (exact) mass is 832 g/mol. The summed E-state index contributed by atoms with van der Waals surface area (Å²) in [5, 5.41) is 40.5. The predicted octanol–water partition coefficient (Wildman–Crippen LogP) is 7.35. The normalized spacial score (nSPS) is 19.5. The molecular weight excluding hydrogens is 804 g/mol. The summed E-state index contributed by atoms with van der Waals surface area (Å²) in [5.74, 6) is -4.31. The van der Waals surface area contributed by atoms with E-state index in [2.05, 4.69) is 0 Å². The maximum absolute atomic E-state index is 12.0. The summed E-state index contributed by atoms with van der Waals surface area (Å²) in [4.78, 5) is 58.4. The Labute approximate surface area is 352 Å². The summed E-state index contributed by atoms with van der Waals surface area (Å²) in [7, 11) is -2.02. The van der Waals surface area contributed by atoms with Crippen molar-refractivity contribution in [2.45, 2.75) is 0 Å². The van der Waals surface area contributed by atoms with Crippen LogP contribution in [-0.4, -0.2) is 64.4 Å². The zero-order chi connectivity index (χ0) is 43.0. The summed E-state index contributed by atoms with van der Waals surface area (Å²) in [6, 6.07) is 33.8. The zero-order valence-electron chi connectivity index (χ0n) is 32.1. The highest BCUT2D eigenvalue weighted by atomic mass is 31.1. The molecular formula is C49H29N4O8P. The smallest absolute Gasteiger partial charge is 0.335 e. The lowest BCUT2D eigenvalue weighted by Crippen LogP contribution is -2.30. The van der Waals surface area contributed by atoms with Gasteiger partial charge in [0, 0.05) is 22.3 Å². The second-order valence-electron chi connectivity index (χ2n) is 14.6. The van der Waals surface area contributed by atoms with Gasteiger partial charge < -0.3 is 20.4 Å². The van der Waals surface area contributed by atoms with E-state index in [4.69, 9.17) is 16.1 Å². The zero-order valence-corrected chi connectivity index (χ0v) is 33.0. The Morgan fingerprint density at radius 3 is 1.02 bits per heavy atom. The minimum atomic E-state index is -2.02. The number of rotatable bonds is 8. The molecule has 2 aromatic heterocycles. The number of aromatic nitrogens is 2. The van der Waals surface area contributed by atoms with Gasteiger partial charge in [0.2, 0.25) is 0 Å². The van der Waals surface area contributed by atoms with Crippen LogP contribution in [-0.2, 0) is 0 Å². The number of allylic oxidation sites excluding steroid dienone is 4. The molecule has 0 saturated carbocycles. The summed E-state index contributed by atoms with van der Waals surface area (Å²) in [6.07, 6.45) is 15.3. The molecule has 1 unspecified atom stereocenters. The van der Waals surface area contributed by atoms with Gasteiger partial charge in [0.05, 0.1) is 67.2 Å². The number of hydrogen-bond acceptors (Lipinski definition) is 6. The molecule has 13 heteroatoms. The van der Waals surface area contributed by atoms with Crippen molar-refractivity contribution >= 4 is 65.3 Å². The molecule has 0 aliphatic carbocycles. The second kappa shape index (κ2) is 14.3. The molecule has 0 radical (unpaired) electrons. The molecule has 298 valence electrons. The first-order valence-corrected chi connectivity index (χ1v) is 20.4. The third-order valence-corrected chi connectivity index (χ3v) is 12.8. The average Bonchev–Trinajstić information content (AvgIpc) is 4.11. The molecule has 4 aliphatic heterocycles. The SMILES string of the molecule is C#P1n2c3ccc2/C(c2ccc(C(=O)O)cc2)=C2/C=CC(=N2)/C(c2ccc(C(=O)O)cc2)=c2/cc/c(n21)=C(\c1ccc(C(=O)O)cc1)C1=N/C(=C\3c2ccc(C(=O)O)cc2)C=C1. The minimum absolute atomic E-state index is 0.102. The van der Waals surface area contributed by atoms with Crippen LogP contribution in [0.3, 0.4) is 0 Å². The van der Waals surface area contributed by atoms with E-state index in [1.807, 2.05) is 57.2 Å². The summed E-state index contributed by atoms with van der Waals surface area (Å²) in [6.45, 7) is 0. The number of carbonyl (C=O) groups is 4. The number of fused-ring (bicyclic) bond motifs is 2. The number of carboxylic acid groups (broad SMARTS) is 4. The fraction of sp³-hybridized carbons (Fsp3) is 0. The number of nitrogens with zero attached hydrogens (tertiary/aromatic N) is 4. The van der Waals surface area contributed by atoms with Crippen LogP contribution >= 0.6 is 7.68 Å². The Bertz CT molecular complexity index is 3220. The molecule has 0 fully saturated rings. The molecule has 12 nitrogen and oxygen atoms in total. The van der Waals surface area contributed by atoms with Gasteiger partial charge in [-0.25, -0.2) is 29.2 Å². The van der Waals surface area contributed by atoms with Gasteiger partial charge in [-0.05, 0) is 119 Å². The summed E-state index contributed by atoms with van der Waals surface area (Å²) in [5.41, 5.74) is 9.22. The lowest BCUT2D eigenvalue weighted by Gasteiger charge is -2.23. The molecule has 6 bridgehead atoms. The van der Waals surface area contributed by atoms with E-state index in [-0.39, 0.29) is 22.3 Å². The Morgan fingerprint density at radius 1 is 0.403 bits per heavy atom. The average molecular weight is 833 g/mol. The van der Waals surface area contributed by atoms with Crippen molar-refractivity contribution in [3.05, 3.63) is 224 Å². The van der Waals surface area contributed by atoms with Crippen molar-refractivity contribution in [2.75, 3.05) is 0 Å². The van der Waals surface area contributed by atoms with E-state index in [9.17, 15) is 39.6 Å². The van der Waals surface area contributed by atoms with Crippen LogP contribution in [0.2, 0.25) is 0 Å². The topological polar surface area (TPSA) is 184 Å². The van der Waals surface area contributed by atoms with Gasteiger partial charge >= 0.3 is 23.9 Å². The third kappa shape index (κ3) is 6.02. The fourth-order valence-electron chi connectivity index (χ4n) is 8.25. The van der Waals surface area contributed by atoms with Crippen molar-refractivity contribution in [3.63, 3.8) is 0 Å². The van der Waals surface area contributed by atoms with Crippen molar-refractivity contribution in [1.82, 2.24) is 8.68 Å². The van der Waals surface area contributed by atoms with Gasteiger partial charge in [-0.1, -0.05) is 48.5 Å². The highest BCUT2D eigenvalue weighted by Crippen LogP contribution is 2.44. The van der Waals surface area contributed by atoms with E-state index in [0.29, 0.717) is 89.4 Å². The van der Waals surface area contributed by atoms with Crippen molar-refractivity contribution in [3.8, 4) is 6.13 Å². The van der Waals surface area contributed by atoms with Crippen molar-refractivity contribution < 1.29 is 39.6 Å². The minimum Gasteiger partial charge on any atom is -0.478 e.